The third kappa shape index (κ3) is 3.26. The number of fused-ring (bicyclic) bond motifs is 1. The third-order valence-corrected chi connectivity index (χ3v) is 4.01. The molecule has 1 amide bonds. The highest BCUT2D eigenvalue weighted by Crippen LogP contribution is 2.29. The number of nitrogens with one attached hydrogen (secondary N) is 1. The summed E-state index contributed by atoms with van der Waals surface area (Å²) in [5, 5.41) is 3.64. The van der Waals surface area contributed by atoms with Crippen LogP contribution in [0.15, 0.2) is 65.3 Å². The minimum atomic E-state index is -0.512. The van der Waals surface area contributed by atoms with Crippen molar-refractivity contribution in [3.8, 4) is 0 Å². The maximum atomic E-state index is 11.9. The van der Waals surface area contributed by atoms with Gasteiger partial charge >= 0.3 is 6.09 Å². The Morgan fingerprint density at radius 3 is 2.64 bits per heavy atom. The van der Waals surface area contributed by atoms with E-state index >= 15 is 0 Å². The van der Waals surface area contributed by atoms with Gasteiger partial charge in [-0.25, -0.2) is 4.79 Å². The molecule has 5 heteroatoms. The summed E-state index contributed by atoms with van der Waals surface area (Å²) in [6, 6.07) is 17.2. The van der Waals surface area contributed by atoms with Gasteiger partial charge in [-0.1, -0.05) is 48.5 Å². The van der Waals surface area contributed by atoms with Gasteiger partial charge in [0, 0.05) is 5.39 Å². The molecule has 4 nitrogen and oxygen atoms in total. The molecule has 110 valence electrons. The highest BCUT2D eigenvalue weighted by Gasteiger charge is 2.10. The predicted molar refractivity (Wildman–Crippen MR) is 89.7 cm³/mol. The summed E-state index contributed by atoms with van der Waals surface area (Å²) in [5.74, 6) is 0. The van der Waals surface area contributed by atoms with Crippen LogP contribution in [0.1, 0.15) is 5.56 Å². The first-order valence-electron chi connectivity index (χ1n) is 6.75. The maximum absolute atomic E-state index is 11.9. The zero-order chi connectivity index (χ0) is 15.4. The second-order valence-electron chi connectivity index (χ2n) is 4.69. The molecule has 0 bridgehead atoms. The number of aromatic nitrogens is 1. The smallest absolute Gasteiger partial charge is 0.412 e. The molecule has 3 rings (SSSR count). The van der Waals surface area contributed by atoms with Crippen LogP contribution in [0.4, 0.5) is 10.5 Å². The van der Waals surface area contributed by atoms with Gasteiger partial charge in [0.2, 0.25) is 0 Å². The van der Waals surface area contributed by atoms with Crippen LogP contribution in [-0.4, -0.2) is 11.1 Å². The van der Waals surface area contributed by atoms with Gasteiger partial charge in [0.05, 0.1) is 21.9 Å². The highest BCUT2D eigenvalue weighted by atomic mass is 79.9. The van der Waals surface area contributed by atoms with Crippen LogP contribution in [0.5, 0.6) is 0 Å². The van der Waals surface area contributed by atoms with E-state index in [2.05, 4.69) is 26.2 Å². The van der Waals surface area contributed by atoms with Crippen LogP contribution in [0.25, 0.3) is 10.9 Å². The molecule has 1 N–H and O–H groups in total. The fourth-order valence-corrected chi connectivity index (χ4v) is 2.60. The quantitative estimate of drug-likeness (QED) is 0.736. The molecule has 0 atom stereocenters. The monoisotopic (exact) mass is 356 g/mol. The van der Waals surface area contributed by atoms with Gasteiger partial charge in [-0.2, -0.15) is 0 Å². The number of carbonyl (C=O) groups is 1. The molecular formula is C17H13BrN2O2. The van der Waals surface area contributed by atoms with E-state index in [4.69, 9.17) is 4.74 Å². The number of halogens is 1. The number of nitrogens with zero attached hydrogens (tertiary/aromatic N) is 1. The summed E-state index contributed by atoms with van der Waals surface area (Å²) in [6.45, 7) is 0.227. The normalized spacial score (nSPS) is 10.4. The molecule has 2 aromatic carbocycles. The Morgan fingerprint density at radius 1 is 1.09 bits per heavy atom. The molecule has 1 heterocycles. The standard InChI is InChI=1S/C17H13BrN2O2/c18-16-13-8-4-5-9-14(13)19-10-15(16)20-17(21)22-11-12-6-2-1-3-7-12/h1-10H,11H2,(H,20,21). The van der Waals surface area contributed by atoms with Gasteiger partial charge in [0.15, 0.2) is 0 Å². The molecule has 0 saturated carbocycles. The summed E-state index contributed by atoms with van der Waals surface area (Å²) in [4.78, 5) is 16.2. The van der Waals surface area contributed by atoms with Gasteiger partial charge in [-0.15, -0.1) is 0 Å². The highest BCUT2D eigenvalue weighted by molar-refractivity contribution is 9.10. The van der Waals surface area contributed by atoms with Crippen molar-refractivity contribution < 1.29 is 9.53 Å². The molecular weight excluding hydrogens is 344 g/mol. The number of para-hydroxylation sites is 1. The van der Waals surface area contributed by atoms with E-state index < -0.39 is 6.09 Å². The molecule has 0 fully saturated rings. The summed E-state index contributed by atoms with van der Waals surface area (Å²) < 4.78 is 5.99. The fraction of sp³-hybridized carbons (Fsp3) is 0.0588. The third-order valence-electron chi connectivity index (χ3n) is 3.16. The molecule has 0 aliphatic heterocycles. The first-order chi connectivity index (χ1) is 10.7. The second kappa shape index (κ2) is 6.58. The maximum Gasteiger partial charge on any atom is 0.412 e. The van der Waals surface area contributed by atoms with Crippen LogP contribution in [-0.2, 0) is 11.3 Å². The summed E-state index contributed by atoms with van der Waals surface area (Å²) in [6.07, 6.45) is 1.09. The Balaban J connectivity index is 1.70. The van der Waals surface area contributed by atoms with Crippen molar-refractivity contribution in [1.82, 2.24) is 4.98 Å². The molecule has 0 saturated heterocycles. The molecule has 0 unspecified atom stereocenters. The van der Waals surface area contributed by atoms with Crippen LogP contribution in [0, 0.1) is 0 Å². The lowest BCUT2D eigenvalue weighted by Crippen LogP contribution is -2.14. The Hall–Kier alpha value is -2.40. The lowest BCUT2D eigenvalue weighted by Gasteiger charge is -2.10. The number of hydrogen-bond donors (Lipinski definition) is 1. The van der Waals surface area contributed by atoms with Crippen LogP contribution in [0.3, 0.4) is 0 Å². The Morgan fingerprint density at radius 2 is 1.82 bits per heavy atom. The lowest BCUT2D eigenvalue weighted by atomic mass is 10.2. The molecule has 0 radical (unpaired) electrons. The lowest BCUT2D eigenvalue weighted by molar-refractivity contribution is 0.155. The number of ether oxygens (including phenoxy) is 1. The first kappa shape index (κ1) is 14.5. The largest absolute Gasteiger partial charge is 0.444 e. The van der Waals surface area contributed by atoms with E-state index in [1.54, 1.807) is 6.20 Å². The number of carbonyl (C=O) groups excluding carboxylic acids is 1. The number of pyridine rings is 1. The minimum Gasteiger partial charge on any atom is -0.444 e. The zero-order valence-electron chi connectivity index (χ0n) is 11.6. The van der Waals surface area contributed by atoms with Gasteiger partial charge in [-0.05, 0) is 27.6 Å². The van der Waals surface area contributed by atoms with Crippen LogP contribution < -0.4 is 5.32 Å². The average Bonchev–Trinajstić information content (AvgIpc) is 2.57. The van der Waals surface area contributed by atoms with Crippen molar-refractivity contribution in [2.45, 2.75) is 6.61 Å². The second-order valence-corrected chi connectivity index (χ2v) is 5.48. The van der Waals surface area contributed by atoms with E-state index in [0.29, 0.717) is 5.69 Å². The summed E-state index contributed by atoms with van der Waals surface area (Å²) in [5.41, 5.74) is 2.38. The topological polar surface area (TPSA) is 51.2 Å². The molecule has 22 heavy (non-hydrogen) atoms. The Labute approximate surface area is 136 Å². The van der Waals surface area contributed by atoms with E-state index in [0.717, 1.165) is 20.9 Å². The SMILES string of the molecule is O=C(Nc1cnc2ccccc2c1Br)OCc1ccccc1. The molecule has 0 aliphatic rings. The van der Waals surface area contributed by atoms with Crippen molar-refractivity contribution in [3.05, 3.63) is 70.8 Å². The first-order valence-corrected chi connectivity index (χ1v) is 7.54. The summed E-state index contributed by atoms with van der Waals surface area (Å²) in [7, 11) is 0. The number of rotatable bonds is 3. The predicted octanol–water partition coefficient (Wildman–Crippen LogP) is 4.75. The van der Waals surface area contributed by atoms with Crippen molar-refractivity contribution >= 4 is 38.6 Å². The van der Waals surface area contributed by atoms with Crippen molar-refractivity contribution in [1.29, 1.82) is 0 Å². The molecule has 0 spiro atoms. The Bertz CT molecular complexity index is 806. The van der Waals surface area contributed by atoms with E-state index in [9.17, 15) is 4.79 Å². The fourth-order valence-electron chi connectivity index (χ4n) is 2.06. The summed E-state index contributed by atoms with van der Waals surface area (Å²) >= 11 is 3.50. The molecule has 3 aromatic rings. The van der Waals surface area contributed by atoms with E-state index in [1.807, 2.05) is 54.6 Å². The van der Waals surface area contributed by atoms with Gasteiger partial charge in [0.25, 0.3) is 0 Å². The van der Waals surface area contributed by atoms with E-state index in [-0.39, 0.29) is 6.61 Å². The number of hydrogen-bond acceptors (Lipinski definition) is 3. The zero-order valence-corrected chi connectivity index (χ0v) is 13.2. The van der Waals surface area contributed by atoms with Gasteiger partial charge < -0.3 is 4.74 Å². The van der Waals surface area contributed by atoms with Gasteiger partial charge in [0.1, 0.15) is 6.61 Å². The average molecular weight is 357 g/mol. The number of benzene rings is 2. The van der Waals surface area contributed by atoms with E-state index in [1.165, 1.54) is 0 Å². The number of amides is 1. The van der Waals surface area contributed by atoms with Crippen molar-refractivity contribution in [2.75, 3.05) is 5.32 Å². The van der Waals surface area contributed by atoms with Crippen LogP contribution >= 0.6 is 15.9 Å². The van der Waals surface area contributed by atoms with Crippen molar-refractivity contribution in [3.63, 3.8) is 0 Å². The molecule has 1 aromatic heterocycles. The minimum absolute atomic E-state index is 0.227. The van der Waals surface area contributed by atoms with Gasteiger partial charge in [-0.3, -0.25) is 10.3 Å². The van der Waals surface area contributed by atoms with Crippen molar-refractivity contribution in [2.24, 2.45) is 0 Å². The molecule has 0 aliphatic carbocycles. The van der Waals surface area contributed by atoms with Crippen LogP contribution in [0.2, 0.25) is 0 Å². The number of anilines is 1. The Kier molecular flexibility index (Phi) is 4.34.